The van der Waals surface area contributed by atoms with Crippen molar-refractivity contribution in [2.24, 2.45) is 0 Å². The largest absolute Gasteiger partial charge is 0.439 e. The fourth-order valence-electron chi connectivity index (χ4n) is 2.58. The first kappa shape index (κ1) is 13.1. The molecule has 0 saturated carbocycles. The van der Waals surface area contributed by atoms with Gasteiger partial charge in [0.15, 0.2) is 6.61 Å². The summed E-state index contributed by atoms with van der Waals surface area (Å²) >= 11 is 1.56. The van der Waals surface area contributed by atoms with Crippen LogP contribution in [0.15, 0.2) is 16.8 Å². The predicted octanol–water partition coefficient (Wildman–Crippen LogP) is 0.870. The van der Waals surface area contributed by atoms with Crippen molar-refractivity contribution in [3.8, 4) is 0 Å². The van der Waals surface area contributed by atoms with Crippen LogP contribution in [0.25, 0.3) is 0 Å². The fourth-order valence-corrected chi connectivity index (χ4v) is 3.24. The van der Waals surface area contributed by atoms with Crippen molar-refractivity contribution >= 4 is 29.2 Å². The third kappa shape index (κ3) is 2.40. The van der Waals surface area contributed by atoms with Crippen LogP contribution in [0.5, 0.6) is 0 Å². The minimum absolute atomic E-state index is 0.0333. The number of hydrogen-bond acceptors (Lipinski definition) is 5. The Morgan fingerprint density at radius 2 is 2.30 bits per heavy atom. The molecule has 0 aliphatic carbocycles. The SMILES string of the molecule is O=C(Cc1ccsc1)N1CC[C@H](N2C(=O)COC2=O)C1. The van der Waals surface area contributed by atoms with E-state index in [1.807, 2.05) is 16.8 Å². The van der Waals surface area contributed by atoms with Crippen LogP contribution in [0.3, 0.4) is 0 Å². The topological polar surface area (TPSA) is 66.9 Å². The van der Waals surface area contributed by atoms with Crippen LogP contribution in [0.2, 0.25) is 0 Å². The average molecular weight is 294 g/mol. The van der Waals surface area contributed by atoms with Crippen molar-refractivity contribution < 1.29 is 19.1 Å². The molecular formula is C13H14N2O4S. The molecule has 0 aromatic carbocycles. The third-order valence-corrected chi connectivity index (χ3v) is 4.33. The second-order valence-corrected chi connectivity index (χ2v) is 5.69. The van der Waals surface area contributed by atoms with Crippen molar-refractivity contribution in [1.82, 2.24) is 9.80 Å². The molecule has 0 bridgehead atoms. The summed E-state index contributed by atoms with van der Waals surface area (Å²) in [6.07, 6.45) is 0.400. The Hall–Kier alpha value is -1.89. The highest BCUT2D eigenvalue weighted by molar-refractivity contribution is 7.07. The van der Waals surface area contributed by atoms with E-state index in [0.29, 0.717) is 25.9 Å². The van der Waals surface area contributed by atoms with E-state index in [0.717, 1.165) is 10.5 Å². The lowest BCUT2D eigenvalue weighted by Crippen LogP contribution is -2.42. The normalized spacial score (nSPS) is 22.5. The highest BCUT2D eigenvalue weighted by Crippen LogP contribution is 2.21. The summed E-state index contributed by atoms with van der Waals surface area (Å²) in [6, 6.07) is 1.68. The van der Waals surface area contributed by atoms with Gasteiger partial charge in [-0.1, -0.05) is 0 Å². The number of imide groups is 1. The third-order valence-electron chi connectivity index (χ3n) is 3.60. The number of carbonyl (C=O) groups excluding carboxylic acids is 3. The quantitative estimate of drug-likeness (QED) is 0.829. The molecule has 106 valence electrons. The molecule has 2 aliphatic rings. The summed E-state index contributed by atoms with van der Waals surface area (Å²) in [5.41, 5.74) is 1.00. The molecule has 1 atom stereocenters. The summed E-state index contributed by atoms with van der Waals surface area (Å²) in [4.78, 5) is 38.1. The maximum Gasteiger partial charge on any atom is 0.417 e. The van der Waals surface area contributed by atoms with E-state index in [2.05, 4.69) is 0 Å². The zero-order valence-electron chi connectivity index (χ0n) is 10.8. The average Bonchev–Trinajstić information content (AvgIpc) is 3.11. The van der Waals surface area contributed by atoms with Gasteiger partial charge in [-0.25, -0.2) is 9.69 Å². The molecule has 2 fully saturated rings. The molecule has 3 amide bonds. The Bertz CT molecular complexity index is 527. The van der Waals surface area contributed by atoms with Crippen molar-refractivity contribution in [2.75, 3.05) is 19.7 Å². The van der Waals surface area contributed by atoms with Crippen LogP contribution >= 0.6 is 11.3 Å². The summed E-state index contributed by atoms with van der Waals surface area (Å²) in [6.45, 7) is 0.798. The van der Waals surface area contributed by atoms with Gasteiger partial charge in [-0.2, -0.15) is 11.3 Å². The van der Waals surface area contributed by atoms with Gasteiger partial charge in [0.2, 0.25) is 5.91 Å². The molecule has 2 aliphatic heterocycles. The second kappa shape index (κ2) is 5.24. The molecule has 1 aromatic heterocycles. The number of hydrogen-bond donors (Lipinski definition) is 0. The zero-order chi connectivity index (χ0) is 14.1. The lowest BCUT2D eigenvalue weighted by molar-refractivity contribution is -0.131. The first-order chi connectivity index (χ1) is 9.65. The summed E-state index contributed by atoms with van der Waals surface area (Å²) in [5, 5.41) is 3.89. The number of rotatable bonds is 3. The van der Waals surface area contributed by atoms with Crippen molar-refractivity contribution in [3.63, 3.8) is 0 Å². The van der Waals surface area contributed by atoms with E-state index < -0.39 is 6.09 Å². The van der Waals surface area contributed by atoms with Gasteiger partial charge in [0.25, 0.3) is 5.91 Å². The van der Waals surface area contributed by atoms with E-state index in [1.165, 1.54) is 0 Å². The van der Waals surface area contributed by atoms with E-state index in [1.54, 1.807) is 16.2 Å². The Labute approximate surface area is 119 Å². The van der Waals surface area contributed by atoms with E-state index in [9.17, 15) is 14.4 Å². The lowest BCUT2D eigenvalue weighted by Gasteiger charge is -2.20. The van der Waals surface area contributed by atoms with E-state index in [4.69, 9.17) is 4.74 Å². The van der Waals surface area contributed by atoms with Crippen LogP contribution < -0.4 is 0 Å². The molecule has 7 heteroatoms. The van der Waals surface area contributed by atoms with Gasteiger partial charge >= 0.3 is 6.09 Å². The minimum atomic E-state index is -0.591. The molecule has 0 spiro atoms. The van der Waals surface area contributed by atoms with Crippen LogP contribution in [-0.4, -0.2) is 53.4 Å². The molecular weight excluding hydrogens is 280 g/mol. The van der Waals surface area contributed by atoms with Gasteiger partial charge in [-0.3, -0.25) is 9.59 Å². The number of carbonyl (C=O) groups is 3. The van der Waals surface area contributed by atoms with Crippen LogP contribution in [0, 0.1) is 0 Å². The molecule has 0 N–H and O–H groups in total. The maximum atomic E-state index is 12.1. The monoisotopic (exact) mass is 294 g/mol. The van der Waals surface area contributed by atoms with Gasteiger partial charge in [0, 0.05) is 13.1 Å². The Morgan fingerprint density at radius 3 is 2.95 bits per heavy atom. The van der Waals surface area contributed by atoms with E-state index >= 15 is 0 Å². The molecule has 3 heterocycles. The second-order valence-electron chi connectivity index (χ2n) is 4.91. The molecule has 1 aromatic rings. The Kier molecular flexibility index (Phi) is 3.43. The van der Waals surface area contributed by atoms with Gasteiger partial charge in [0.1, 0.15) is 0 Å². The molecule has 2 saturated heterocycles. The summed E-state index contributed by atoms with van der Waals surface area (Å²) in [7, 11) is 0. The van der Waals surface area contributed by atoms with Crippen LogP contribution in [0.1, 0.15) is 12.0 Å². The van der Waals surface area contributed by atoms with Crippen LogP contribution in [0.4, 0.5) is 4.79 Å². The van der Waals surface area contributed by atoms with Crippen molar-refractivity contribution in [1.29, 1.82) is 0 Å². The first-order valence-corrected chi connectivity index (χ1v) is 7.37. The zero-order valence-corrected chi connectivity index (χ0v) is 11.6. The molecule has 20 heavy (non-hydrogen) atoms. The number of amides is 3. The molecule has 6 nitrogen and oxygen atoms in total. The van der Waals surface area contributed by atoms with E-state index in [-0.39, 0.29) is 24.5 Å². The molecule has 3 rings (SSSR count). The van der Waals surface area contributed by atoms with Crippen molar-refractivity contribution in [2.45, 2.75) is 18.9 Å². The molecule has 0 radical (unpaired) electrons. The first-order valence-electron chi connectivity index (χ1n) is 6.43. The summed E-state index contributed by atoms with van der Waals surface area (Å²) in [5.74, 6) is -0.280. The molecule has 0 unspecified atom stereocenters. The number of nitrogens with zero attached hydrogens (tertiary/aromatic N) is 2. The van der Waals surface area contributed by atoms with Gasteiger partial charge < -0.3 is 9.64 Å². The summed E-state index contributed by atoms with van der Waals surface area (Å²) < 4.78 is 4.71. The fraction of sp³-hybridized carbons (Fsp3) is 0.462. The van der Waals surface area contributed by atoms with Gasteiger partial charge in [0.05, 0.1) is 12.5 Å². The van der Waals surface area contributed by atoms with Crippen molar-refractivity contribution in [3.05, 3.63) is 22.4 Å². The lowest BCUT2D eigenvalue weighted by atomic mass is 10.2. The number of likely N-dealkylation sites (tertiary alicyclic amines) is 1. The highest BCUT2D eigenvalue weighted by Gasteiger charge is 2.41. The maximum absolute atomic E-state index is 12.1. The standard InChI is InChI=1S/C13H14N2O4S/c16-11(5-9-2-4-20-8-9)14-3-1-10(6-14)15-12(17)7-19-13(15)18/h2,4,8,10H,1,3,5-7H2/t10-/m0/s1. The van der Waals surface area contributed by atoms with Gasteiger partial charge in [-0.15, -0.1) is 0 Å². The van der Waals surface area contributed by atoms with Crippen LogP contribution in [-0.2, 0) is 20.7 Å². The Balaban J connectivity index is 1.60. The van der Waals surface area contributed by atoms with Gasteiger partial charge in [-0.05, 0) is 28.8 Å². The smallest absolute Gasteiger partial charge is 0.417 e. The number of thiophene rings is 1. The predicted molar refractivity (Wildman–Crippen MR) is 71.2 cm³/mol. The Morgan fingerprint density at radius 1 is 1.45 bits per heavy atom. The minimum Gasteiger partial charge on any atom is -0.439 e. The highest BCUT2D eigenvalue weighted by atomic mass is 32.1. The number of cyclic esters (lactones) is 1. The number of ether oxygens (including phenoxy) is 1.